The number of carbonyl (C=O) groups is 2. The minimum absolute atomic E-state index is 0.0939. The number of hydrogen-bond acceptors (Lipinski definition) is 3. The van der Waals surface area contributed by atoms with E-state index in [0.29, 0.717) is 12.1 Å². The summed E-state index contributed by atoms with van der Waals surface area (Å²) in [6.45, 7) is 3.09. The van der Waals surface area contributed by atoms with Crippen molar-refractivity contribution in [2.45, 2.75) is 39.8 Å². The van der Waals surface area contributed by atoms with Crippen molar-refractivity contribution >= 4 is 17.5 Å². The van der Waals surface area contributed by atoms with Crippen LogP contribution in [0.15, 0.2) is 35.1 Å². The molecule has 0 unspecified atom stereocenters. The lowest BCUT2D eigenvalue weighted by Crippen LogP contribution is -2.34. The van der Waals surface area contributed by atoms with Crippen LogP contribution < -0.4 is 16.2 Å². The number of nitrogens with zero attached hydrogens (tertiary/aromatic N) is 1. The predicted molar refractivity (Wildman–Crippen MR) is 97.2 cm³/mol. The van der Waals surface area contributed by atoms with Crippen LogP contribution in [0.5, 0.6) is 0 Å². The Morgan fingerprint density at radius 1 is 1.11 bits per heavy atom. The Morgan fingerprint density at radius 2 is 1.85 bits per heavy atom. The van der Waals surface area contributed by atoms with E-state index in [1.54, 1.807) is 13.0 Å². The minimum atomic E-state index is -0.760. The van der Waals surface area contributed by atoms with Gasteiger partial charge in [0.15, 0.2) is 0 Å². The van der Waals surface area contributed by atoms with Crippen molar-refractivity contribution in [3.05, 3.63) is 63.6 Å². The largest absolute Gasteiger partial charge is 0.350 e. The zero-order valence-electron chi connectivity index (χ0n) is 15.1. The number of hydrogen-bond donors (Lipinski definition) is 2. The Kier molecular flexibility index (Phi) is 6.81. The maximum atomic E-state index is 13.6. The SMILES string of the molecule is CCCC(=O)Nc1ccc(C)n(CC(=O)NCc2ccc(F)cc2F)c1=O. The Balaban J connectivity index is 2.08. The quantitative estimate of drug-likeness (QED) is 0.778. The van der Waals surface area contributed by atoms with E-state index in [1.807, 2.05) is 6.92 Å². The number of aromatic nitrogens is 1. The van der Waals surface area contributed by atoms with Gasteiger partial charge in [0.1, 0.15) is 23.9 Å². The molecule has 2 rings (SSSR count). The fourth-order valence-electron chi connectivity index (χ4n) is 2.46. The molecule has 144 valence electrons. The number of halogens is 2. The third kappa shape index (κ3) is 5.47. The molecule has 2 aromatic rings. The molecule has 0 aliphatic carbocycles. The van der Waals surface area contributed by atoms with Gasteiger partial charge in [0, 0.05) is 30.3 Å². The van der Waals surface area contributed by atoms with Gasteiger partial charge in [-0.3, -0.25) is 14.4 Å². The summed E-state index contributed by atoms with van der Waals surface area (Å²) in [6, 6.07) is 6.19. The summed E-state index contributed by atoms with van der Waals surface area (Å²) in [5, 5.41) is 5.03. The molecule has 1 aromatic heterocycles. The molecule has 0 aliphatic rings. The second-order valence-corrected chi connectivity index (χ2v) is 6.09. The standard InChI is InChI=1S/C19H21F2N3O3/c1-3-4-17(25)23-16-8-5-12(2)24(19(16)27)11-18(26)22-10-13-6-7-14(20)9-15(13)21/h5-9H,3-4,10-11H2,1-2H3,(H,22,26)(H,23,25). The highest BCUT2D eigenvalue weighted by molar-refractivity contribution is 5.90. The number of nitrogens with one attached hydrogen (secondary N) is 2. The number of pyridine rings is 1. The van der Waals surface area contributed by atoms with Gasteiger partial charge in [0.2, 0.25) is 11.8 Å². The summed E-state index contributed by atoms with van der Waals surface area (Å²) < 4.78 is 27.7. The summed E-state index contributed by atoms with van der Waals surface area (Å²) in [5.41, 5.74) is 0.269. The summed E-state index contributed by atoms with van der Waals surface area (Å²) in [5.74, 6) is -2.25. The zero-order chi connectivity index (χ0) is 20.0. The molecule has 8 heteroatoms. The van der Waals surface area contributed by atoms with Crippen LogP contribution in [0.2, 0.25) is 0 Å². The van der Waals surface area contributed by atoms with E-state index in [2.05, 4.69) is 10.6 Å². The number of rotatable bonds is 7. The van der Waals surface area contributed by atoms with E-state index < -0.39 is 23.1 Å². The van der Waals surface area contributed by atoms with Gasteiger partial charge in [0.05, 0.1) is 0 Å². The Hall–Kier alpha value is -3.03. The van der Waals surface area contributed by atoms with E-state index >= 15 is 0 Å². The first-order valence-corrected chi connectivity index (χ1v) is 8.52. The van der Waals surface area contributed by atoms with Crippen LogP contribution >= 0.6 is 0 Å². The molecule has 27 heavy (non-hydrogen) atoms. The first-order chi connectivity index (χ1) is 12.8. The molecule has 0 fully saturated rings. The van der Waals surface area contributed by atoms with Gasteiger partial charge in [0.25, 0.3) is 5.56 Å². The maximum absolute atomic E-state index is 13.6. The lowest BCUT2D eigenvalue weighted by Gasteiger charge is -2.13. The topological polar surface area (TPSA) is 80.2 Å². The normalized spacial score (nSPS) is 10.5. The predicted octanol–water partition coefficient (Wildman–Crippen LogP) is 2.49. The number of benzene rings is 1. The molecular weight excluding hydrogens is 356 g/mol. The molecule has 0 spiro atoms. The van der Waals surface area contributed by atoms with Crippen molar-refractivity contribution in [3.63, 3.8) is 0 Å². The van der Waals surface area contributed by atoms with Gasteiger partial charge in [-0.25, -0.2) is 8.78 Å². The van der Waals surface area contributed by atoms with Crippen molar-refractivity contribution in [1.29, 1.82) is 0 Å². The molecule has 0 bridgehead atoms. The van der Waals surface area contributed by atoms with Gasteiger partial charge in [-0.05, 0) is 31.5 Å². The highest BCUT2D eigenvalue weighted by Crippen LogP contribution is 2.09. The van der Waals surface area contributed by atoms with Crippen LogP contribution in [0.4, 0.5) is 14.5 Å². The molecule has 6 nitrogen and oxygen atoms in total. The van der Waals surface area contributed by atoms with Crippen LogP contribution in [0, 0.1) is 18.6 Å². The van der Waals surface area contributed by atoms with E-state index in [9.17, 15) is 23.2 Å². The Morgan fingerprint density at radius 3 is 2.52 bits per heavy atom. The van der Waals surface area contributed by atoms with Gasteiger partial charge >= 0.3 is 0 Å². The van der Waals surface area contributed by atoms with Crippen LogP contribution in [0.25, 0.3) is 0 Å². The first kappa shape index (κ1) is 20.3. The third-order valence-corrected chi connectivity index (χ3v) is 3.94. The molecule has 0 saturated carbocycles. The molecule has 0 saturated heterocycles. The second-order valence-electron chi connectivity index (χ2n) is 6.09. The number of carbonyl (C=O) groups excluding carboxylic acids is 2. The lowest BCUT2D eigenvalue weighted by molar-refractivity contribution is -0.122. The molecule has 0 aliphatic heterocycles. The number of aryl methyl sites for hydroxylation is 1. The van der Waals surface area contributed by atoms with Crippen LogP contribution in [-0.2, 0) is 22.7 Å². The highest BCUT2D eigenvalue weighted by atomic mass is 19.1. The average molecular weight is 377 g/mol. The average Bonchev–Trinajstić information content (AvgIpc) is 2.60. The van der Waals surface area contributed by atoms with Gasteiger partial charge in [-0.1, -0.05) is 13.0 Å². The monoisotopic (exact) mass is 377 g/mol. The molecule has 2 amide bonds. The summed E-state index contributed by atoms with van der Waals surface area (Å²) in [4.78, 5) is 36.3. The highest BCUT2D eigenvalue weighted by Gasteiger charge is 2.13. The lowest BCUT2D eigenvalue weighted by atomic mass is 10.2. The Labute approximate surface area is 155 Å². The molecule has 1 aromatic carbocycles. The van der Waals surface area contributed by atoms with Gasteiger partial charge in [-0.15, -0.1) is 0 Å². The van der Waals surface area contributed by atoms with Crippen LogP contribution in [0.3, 0.4) is 0 Å². The van der Waals surface area contributed by atoms with Crippen LogP contribution in [0.1, 0.15) is 31.0 Å². The third-order valence-electron chi connectivity index (χ3n) is 3.94. The number of amides is 2. The van der Waals surface area contributed by atoms with Crippen molar-refractivity contribution in [2.75, 3.05) is 5.32 Å². The summed E-state index contributed by atoms with van der Waals surface area (Å²) >= 11 is 0. The van der Waals surface area contributed by atoms with Crippen molar-refractivity contribution in [3.8, 4) is 0 Å². The van der Waals surface area contributed by atoms with E-state index in [4.69, 9.17) is 0 Å². The fraction of sp³-hybridized carbons (Fsp3) is 0.316. The first-order valence-electron chi connectivity index (χ1n) is 8.52. The van der Waals surface area contributed by atoms with Gasteiger partial charge < -0.3 is 15.2 Å². The smallest absolute Gasteiger partial charge is 0.274 e. The van der Waals surface area contributed by atoms with Gasteiger partial charge in [-0.2, -0.15) is 0 Å². The Bertz CT molecular complexity index is 910. The molecule has 1 heterocycles. The summed E-state index contributed by atoms with van der Waals surface area (Å²) in [6.07, 6.45) is 0.936. The molecule has 0 radical (unpaired) electrons. The molecule has 2 N–H and O–H groups in total. The minimum Gasteiger partial charge on any atom is -0.350 e. The summed E-state index contributed by atoms with van der Waals surface area (Å²) in [7, 11) is 0. The van der Waals surface area contributed by atoms with E-state index in [-0.39, 0.29) is 36.7 Å². The zero-order valence-corrected chi connectivity index (χ0v) is 15.1. The molecular formula is C19H21F2N3O3. The fourth-order valence-corrected chi connectivity index (χ4v) is 2.46. The van der Waals surface area contributed by atoms with Crippen molar-refractivity contribution in [1.82, 2.24) is 9.88 Å². The van der Waals surface area contributed by atoms with E-state index in [1.165, 1.54) is 16.7 Å². The second kappa shape index (κ2) is 9.07. The van der Waals surface area contributed by atoms with Crippen LogP contribution in [-0.4, -0.2) is 16.4 Å². The van der Waals surface area contributed by atoms with E-state index in [0.717, 1.165) is 12.1 Å². The molecule has 0 atom stereocenters. The maximum Gasteiger partial charge on any atom is 0.274 e. The number of anilines is 1. The van der Waals surface area contributed by atoms with Crippen molar-refractivity contribution in [2.24, 2.45) is 0 Å². The van der Waals surface area contributed by atoms with Crippen molar-refractivity contribution < 1.29 is 18.4 Å².